The molecule has 4 nitrogen and oxygen atoms in total. The predicted molar refractivity (Wildman–Crippen MR) is 73.0 cm³/mol. The highest BCUT2D eigenvalue weighted by atomic mass is 35.5. The second-order valence-electron chi connectivity index (χ2n) is 4.15. The Balaban J connectivity index is 2.33. The summed E-state index contributed by atoms with van der Waals surface area (Å²) in [6.07, 6.45) is 0.0646. The fourth-order valence-corrected chi connectivity index (χ4v) is 2.50. The average Bonchev–Trinajstić information content (AvgIpc) is 2.72. The molecule has 0 saturated carbocycles. The molecule has 1 heterocycles. The summed E-state index contributed by atoms with van der Waals surface area (Å²) in [5.41, 5.74) is 0.591. The Hall–Kier alpha value is -1.10. The van der Waals surface area contributed by atoms with Gasteiger partial charge in [-0.25, -0.2) is 0 Å². The Bertz CT molecular complexity index is 573. The molecule has 1 aromatic carbocycles. The molecule has 0 N–H and O–H groups in total. The van der Waals surface area contributed by atoms with Crippen molar-refractivity contribution in [2.45, 2.75) is 6.42 Å². The smallest absolute Gasteiger partial charge is 0.253 e. The van der Waals surface area contributed by atoms with Crippen LogP contribution in [0, 0.1) is 5.92 Å². The number of nitrogens with zero attached hydrogens (tertiary/aromatic N) is 1. The van der Waals surface area contributed by atoms with Gasteiger partial charge in [-0.3, -0.25) is 14.4 Å². The lowest BCUT2D eigenvalue weighted by molar-refractivity contribution is -0.120. The minimum atomic E-state index is -0.705. The number of rotatable bonds is 3. The Morgan fingerprint density at radius 2 is 1.95 bits per heavy atom. The number of benzene rings is 1. The minimum absolute atomic E-state index is 0.0646. The summed E-state index contributed by atoms with van der Waals surface area (Å²) >= 11 is 16.6. The molecule has 2 rings (SSSR count). The van der Waals surface area contributed by atoms with E-state index in [-0.39, 0.29) is 29.5 Å². The summed E-state index contributed by atoms with van der Waals surface area (Å²) < 4.78 is 0. The highest BCUT2D eigenvalue weighted by molar-refractivity contribution is 6.68. The van der Waals surface area contributed by atoms with E-state index in [1.807, 2.05) is 0 Å². The van der Waals surface area contributed by atoms with Gasteiger partial charge in [-0.2, -0.15) is 0 Å². The molecule has 1 aliphatic heterocycles. The minimum Gasteiger partial charge on any atom is -0.312 e. The number of hydrogen-bond donors (Lipinski definition) is 0. The first kappa shape index (κ1) is 14.3. The largest absolute Gasteiger partial charge is 0.312 e. The van der Waals surface area contributed by atoms with E-state index in [2.05, 4.69) is 0 Å². The zero-order valence-electron chi connectivity index (χ0n) is 9.53. The number of carbonyl (C=O) groups is 3. The van der Waals surface area contributed by atoms with E-state index in [0.717, 1.165) is 0 Å². The van der Waals surface area contributed by atoms with Gasteiger partial charge in [-0.1, -0.05) is 11.6 Å². The van der Waals surface area contributed by atoms with Crippen LogP contribution in [-0.2, 0) is 9.59 Å². The van der Waals surface area contributed by atoms with Crippen LogP contribution in [0.5, 0.6) is 0 Å². The summed E-state index contributed by atoms with van der Waals surface area (Å²) in [7, 11) is 0. The lowest BCUT2D eigenvalue weighted by Crippen LogP contribution is -2.25. The molecule has 1 aromatic rings. The lowest BCUT2D eigenvalue weighted by atomic mass is 10.1. The number of amides is 1. The SMILES string of the molecule is O=C(Cl)c1cc(N2C[C@H](C(=O)Cl)CC2=O)ccc1Cl. The lowest BCUT2D eigenvalue weighted by Gasteiger charge is -2.17. The molecule has 1 fully saturated rings. The van der Waals surface area contributed by atoms with Crippen molar-refractivity contribution in [3.05, 3.63) is 28.8 Å². The first-order valence-electron chi connectivity index (χ1n) is 5.39. The second kappa shape index (κ2) is 5.49. The third kappa shape index (κ3) is 2.91. The summed E-state index contributed by atoms with van der Waals surface area (Å²) in [6, 6.07) is 4.50. The van der Waals surface area contributed by atoms with Gasteiger partial charge in [-0.05, 0) is 41.4 Å². The van der Waals surface area contributed by atoms with Crippen LogP contribution in [0.3, 0.4) is 0 Å². The fraction of sp³-hybridized carbons (Fsp3) is 0.250. The number of anilines is 1. The number of hydrogen-bond acceptors (Lipinski definition) is 3. The second-order valence-corrected chi connectivity index (χ2v) is 5.27. The van der Waals surface area contributed by atoms with E-state index < -0.39 is 16.4 Å². The van der Waals surface area contributed by atoms with Gasteiger partial charge in [-0.15, -0.1) is 0 Å². The van der Waals surface area contributed by atoms with Crippen LogP contribution in [-0.4, -0.2) is 22.9 Å². The molecule has 1 amide bonds. The monoisotopic (exact) mass is 319 g/mol. The molecule has 1 aliphatic rings. The normalized spacial score (nSPS) is 18.8. The average molecular weight is 321 g/mol. The van der Waals surface area contributed by atoms with Crippen molar-refractivity contribution >= 4 is 56.9 Å². The van der Waals surface area contributed by atoms with Gasteiger partial charge in [0.25, 0.3) is 5.24 Å². The third-order valence-electron chi connectivity index (χ3n) is 2.92. The van der Waals surface area contributed by atoms with Gasteiger partial charge in [0.15, 0.2) is 0 Å². The number of halogens is 3. The van der Waals surface area contributed by atoms with Gasteiger partial charge in [0.05, 0.1) is 16.5 Å². The van der Waals surface area contributed by atoms with Gasteiger partial charge in [0.2, 0.25) is 11.1 Å². The molecule has 7 heteroatoms. The van der Waals surface area contributed by atoms with Crippen LogP contribution < -0.4 is 4.90 Å². The molecule has 0 unspecified atom stereocenters. The topological polar surface area (TPSA) is 54.5 Å². The Morgan fingerprint density at radius 1 is 1.26 bits per heavy atom. The molecular weight excluding hydrogens is 312 g/mol. The first-order chi connectivity index (χ1) is 8.90. The fourth-order valence-electron chi connectivity index (χ4n) is 1.94. The van der Waals surface area contributed by atoms with E-state index in [4.69, 9.17) is 34.8 Å². The maximum absolute atomic E-state index is 11.8. The summed E-state index contributed by atoms with van der Waals surface area (Å²) in [5.74, 6) is -0.755. The molecule has 0 aromatic heterocycles. The zero-order chi connectivity index (χ0) is 14.2. The maximum atomic E-state index is 11.8. The van der Waals surface area contributed by atoms with Crippen LogP contribution in [0.1, 0.15) is 16.8 Å². The molecule has 1 atom stereocenters. The molecule has 0 radical (unpaired) electrons. The Morgan fingerprint density at radius 3 is 2.47 bits per heavy atom. The Labute approximate surface area is 124 Å². The van der Waals surface area contributed by atoms with Crippen molar-refractivity contribution in [3.63, 3.8) is 0 Å². The molecule has 0 spiro atoms. The zero-order valence-corrected chi connectivity index (χ0v) is 11.8. The van der Waals surface area contributed by atoms with E-state index in [1.54, 1.807) is 6.07 Å². The van der Waals surface area contributed by atoms with Gasteiger partial charge in [0, 0.05) is 18.7 Å². The highest BCUT2D eigenvalue weighted by Gasteiger charge is 2.34. The van der Waals surface area contributed by atoms with Crippen molar-refractivity contribution in [2.24, 2.45) is 5.92 Å². The molecule has 1 saturated heterocycles. The van der Waals surface area contributed by atoms with Crippen LogP contribution in [0.4, 0.5) is 5.69 Å². The highest BCUT2D eigenvalue weighted by Crippen LogP contribution is 2.30. The van der Waals surface area contributed by atoms with E-state index >= 15 is 0 Å². The molecule has 19 heavy (non-hydrogen) atoms. The van der Waals surface area contributed by atoms with Gasteiger partial charge < -0.3 is 4.90 Å². The van der Waals surface area contributed by atoms with Crippen LogP contribution in [0.2, 0.25) is 5.02 Å². The Kier molecular flexibility index (Phi) is 4.13. The first-order valence-corrected chi connectivity index (χ1v) is 6.52. The van der Waals surface area contributed by atoms with E-state index in [9.17, 15) is 14.4 Å². The van der Waals surface area contributed by atoms with Crippen LogP contribution in [0.15, 0.2) is 18.2 Å². The molecular formula is C12H8Cl3NO3. The number of carbonyl (C=O) groups excluding carboxylic acids is 3. The molecule has 0 aliphatic carbocycles. The van der Waals surface area contributed by atoms with Crippen molar-refractivity contribution < 1.29 is 14.4 Å². The van der Waals surface area contributed by atoms with Crippen LogP contribution >= 0.6 is 34.8 Å². The quantitative estimate of drug-likeness (QED) is 0.805. The van der Waals surface area contributed by atoms with Crippen LogP contribution in [0.25, 0.3) is 0 Å². The summed E-state index contributed by atoms with van der Waals surface area (Å²) in [6.45, 7) is 0.193. The summed E-state index contributed by atoms with van der Waals surface area (Å²) in [5, 5.41) is -1.04. The molecule has 100 valence electrons. The van der Waals surface area contributed by atoms with Crippen molar-refractivity contribution in [3.8, 4) is 0 Å². The van der Waals surface area contributed by atoms with E-state index in [1.165, 1.54) is 17.0 Å². The standard InChI is InChI=1S/C12H8Cl3NO3/c13-9-2-1-7(4-8(9)12(15)19)16-5-6(11(14)18)3-10(16)17/h1-2,4,6H,3,5H2/t6-/m1/s1. The third-order valence-corrected chi connectivity index (χ3v) is 3.76. The van der Waals surface area contributed by atoms with Gasteiger partial charge >= 0.3 is 0 Å². The van der Waals surface area contributed by atoms with Gasteiger partial charge in [0.1, 0.15) is 0 Å². The maximum Gasteiger partial charge on any atom is 0.253 e. The predicted octanol–water partition coefficient (Wildman–Crippen LogP) is 2.84. The van der Waals surface area contributed by atoms with Crippen molar-refractivity contribution in [2.75, 3.05) is 11.4 Å². The summed E-state index contributed by atoms with van der Waals surface area (Å²) in [4.78, 5) is 35.5. The van der Waals surface area contributed by atoms with Crippen molar-refractivity contribution in [1.29, 1.82) is 0 Å². The van der Waals surface area contributed by atoms with E-state index in [0.29, 0.717) is 5.69 Å². The van der Waals surface area contributed by atoms with Crippen molar-refractivity contribution in [1.82, 2.24) is 0 Å². The molecule has 0 bridgehead atoms.